The summed E-state index contributed by atoms with van der Waals surface area (Å²) < 4.78 is 0. The van der Waals surface area contributed by atoms with E-state index in [9.17, 15) is 4.79 Å². The van der Waals surface area contributed by atoms with Crippen LogP contribution in [0.15, 0.2) is 30.3 Å². The van der Waals surface area contributed by atoms with E-state index in [1.807, 2.05) is 30.3 Å². The van der Waals surface area contributed by atoms with Crippen LogP contribution in [-0.4, -0.2) is 23.5 Å². The molecule has 2 rings (SSSR count). The summed E-state index contributed by atoms with van der Waals surface area (Å²) in [5, 5.41) is 1.79. The molecule has 0 radical (unpaired) electrons. The molecule has 0 bridgehead atoms. The fourth-order valence-electron chi connectivity index (χ4n) is 2.11. The van der Waals surface area contributed by atoms with E-state index in [1.165, 1.54) is 0 Å². The monoisotopic (exact) mass is 249 g/mol. The summed E-state index contributed by atoms with van der Waals surface area (Å²) in [7, 11) is 0. The summed E-state index contributed by atoms with van der Waals surface area (Å²) >= 11 is 0. The molecule has 98 valence electrons. The first-order valence-corrected chi connectivity index (χ1v) is 6.24. The maximum Gasteiger partial charge on any atom is 0.236 e. The molecule has 3 N–H and O–H groups in total. The number of nitrogens with two attached hydrogens (primary N) is 1. The van der Waals surface area contributed by atoms with Crippen LogP contribution in [0.1, 0.15) is 24.8 Å². The van der Waals surface area contributed by atoms with Gasteiger partial charge in [0.25, 0.3) is 0 Å². The van der Waals surface area contributed by atoms with Crippen molar-refractivity contribution in [3.05, 3.63) is 35.9 Å². The van der Waals surface area contributed by atoms with Crippen molar-refractivity contribution in [3.63, 3.8) is 0 Å². The Morgan fingerprint density at radius 3 is 2.89 bits per heavy atom. The van der Waals surface area contributed by atoms with Gasteiger partial charge in [0.1, 0.15) is 6.04 Å². The highest BCUT2D eigenvalue weighted by Gasteiger charge is 2.26. The highest BCUT2D eigenvalue weighted by molar-refractivity contribution is 5.79. The second-order valence-electron chi connectivity index (χ2n) is 4.47. The van der Waals surface area contributed by atoms with E-state index in [2.05, 4.69) is 5.59 Å². The van der Waals surface area contributed by atoms with Crippen LogP contribution in [0.25, 0.3) is 0 Å². The molecule has 0 unspecified atom stereocenters. The number of carbonyl (C=O) groups is 1. The van der Waals surface area contributed by atoms with Crippen molar-refractivity contribution in [2.75, 3.05) is 6.54 Å². The Hall–Kier alpha value is -1.43. The molecule has 0 spiro atoms. The highest BCUT2D eigenvalue weighted by atomic mass is 16.7. The number of carbonyl (C=O) groups excluding carboxylic acids is 1. The smallest absolute Gasteiger partial charge is 0.236 e. The van der Waals surface area contributed by atoms with Crippen molar-refractivity contribution in [1.82, 2.24) is 10.6 Å². The molecule has 5 heteroatoms. The lowest BCUT2D eigenvalue weighted by Crippen LogP contribution is -2.53. The van der Waals surface area contributed by atoms with Gasteiger partial charge in [0.2, 0.25) is 5.91 Å². The second-order valence-corrected chi connectivity index (χ2v) is 4.47. The lowest BCUT2D eigenvalue weighted by molar-refractivity contribution is -0.145. The average Bonchev–Trinajstić information content (AvgIpc) is 2.40. The predicted molar refractivity (Wildman–Crippen MR) is 67.9 cm³/mol. The molecule has 0 saturated carbocycles. The number of hydrogen-bond acceptors (Lipinski definition) is 4. The van der Waals surface area contributed by atoms with E-state index in [-0.39, 0.29) is 11.9 Å². The summed E-state index contributed by atoms with van der Waals surface area (Å²) in [6.45, 7) is 1.24. The van der Waals surface area contributed by atoms with E-state index >= 15 is 0 Å². The van der Waals surface area contributed by atoms with Gasteiger partial charge in [-0.15, -0.1) is 5.59 Å². The number of hydrazine groups is 1. The van der Waals surface area contributed by atoms with Crippen molar-refractivity contribution in [2.45, 2.75) is 31.9 Å². The van der Waals surface area contributed by atoms with Gasteiger partial charge in [0, 0.05) is 6.54 Å². The molecular formula is C13H19N3O2. The molecule has 1 aliphatic heterocycles. The fourth-order valence-corrected chi connectivity index (χ4v) is 2.11. The van der Waals surface area contributed by atoms with Crippen molar-refractivity contribution in [2.24, 2.45) is 5.73 Å². The SMILES string of the molecule is NC(=O)[C@H]1CCCCN1NOCc1ccccc1. The Balaban J connectivity index is 1.79. The van der Waals surface area contributed by atoms with Crippen LogP contribution in [0.2, 0.25) is 0 Å². The number of nitrogens with one attached hydrogen (secondary N) is 1. The lowest BCUT2D eigenvalue weighted by atomic mass is 10.0. The summed E-state index contributed by atoms with van der Waals surface area (Å²) in [6, 6.07) is 9.60. The van der Waals surface area contributed by atoms with Crippen LogP contribution in [0.5, 0.6) is 0 Å². The minimum atomic E-state index is -0.300. The summed E-state index contributed by atoms with van der Waals surface area (Å²) in [5.41, 5.74) is 9.28. The maximum absolute atomic E-state index is 11.3. The zero-order valence-corrected chi connectivity index (χ0v) is 10.3. The number of rotatable bonds is 5. The third kappa shape index (κ3) is 3.53. The molecular weight excluding hydrogens is 230 g/mol. The quantitative estimate of drug-likeness (QED) is 0.763. The second kappa shape index (κ2) is 6.49. The predicted octanol–water partition coefficient (Wildman–Crippen LogP) is 0.963. The molecule has 1 aliphatic rings. The number of piperidine rings is 1. The van der Waals surface area contributed by atoms with Gasteiger partial charge in [-0.1, -0.05) is 30.3 Å². The highest BCUT2D eigenvalue weighted by Crippen LogP contribution is 2.14. The molecule has 1 amide bonds. The molecule has 1 aromatic rings. The van der Waals surface area contributed by atoms with Crippen molar-refractivity contribution in [1.29, 1.82) is 0 Å². The van der Waals surface area contributed by atoms with Crippen molar-refractivity contribution >= 4 is 5.91 Å². The normalized spacial score (nSPS) is 20.8. The Labute approximate surface area is 107 Å². The number of primary amides is 1. The summed E-state index contributed by atoms with van der Waals surface area (Å²) in [4.78, 5) is 16.7. The van der Waals surface area contributed by atoms with E-state index in [0.29, 0.717) is 6.61 Å². The van der Waals surface area contributed by atoms with Gasteiger partial charge in [0.05, 0.1) is 6.61 Å². The van der Waals surface area contributed by atoms with Crippen LogP contribution < -0.4 is 11.3 Å². The Morgan fingerprint density at radius 1 is 1.39 bits per heavy atom. The fraction of sp³-hybridized carbons (Fsp3) is 0.462. The zero-order valence-electron chi connectivity index (χ0n) is 10.3. The number of nitrogens with zero attached hydrogens (tertiary/aromatic N) is 1. The molecule has 1 fully saturated rings. The first-order valence-electron chi connectivity index (χ1n) is 6.24. The Bertz CT molecular complexity index is 383. The zero-order chi connectivity index (χ0) is 12.8. The van der Waals surface area contributed by atoms with Crippen molar-refractivity contribution < 1.29 is 9.63 Å². The minimum absolute atomic E-state index is 0.269. The van der Waals surface area contributed by atoms with E-state index in [4.69, 9.17) is 10.6 Å². The number of benzene rings is 1. The van der Waals surface area contributed by atoms with Gasteiger partial charge < -0.3 is 5.73 Å². The first kappa shape index (κ1) is 13.0. The van der Waals surface area contributed by atoms with Crippen LogP contribution in [0.4, 0.5) is 0 Å². The number of amides is 1. The minimum Gasteiger partial charge on any atom is -0.368 e. The van der Waals surface area contributed by atoms with Gasteiger partial charge in [-0.2, -0.15) is 0 Å². The third-order valence-corrected chi connectivity index (χ3v) is 3.09. The Kier molecular flexibility index (Phi) is 4.69. The molecule has 0 aromatic heterocycles. The molecule has 1 atom stereocenters. The van der Waals surface area contributed by atoms with E-state index < -0.39 is 0 Å². The molecule has 0 aliphatic carbocycles. The van der Waals surface area contributed by atoms with Crippen LogP contribution in [0, 0.1) is 0 Å². The first-order chi connectivity index (χ1) is 8.77. The molecule has 5 nitrogen and oxygen atoms in total. The summed E-state index contributed by atoms with van der Waals surface area (Å²) in [5.74, 6) is -0.300. The molecule has 1 heterocycles. The maximum atomic E-state index is 11.3. The largest absolute Gasteiger partial charge is 0.368 e. The van der Waals surface area contributed by atoms with Gasteiger partial charge in [0.15, 0.2) is 0 Å². The third-order valence-electron chi connectivity index (χ3n) is 3.09. The number of hydrogen-bond donors (Lipinski definition) is 2. The molecule has 1 aromatic carbocycles. The molecule has 1 saturated heterocycles. The van der Waals surface area contributed by atoms with Gasteiger partial charge in [-0.05, 0) is 24.8 Å². The van der Waals surface area contributed by atoms with Crippen LogP contribution >= 0.6 is 0 Å². The van der Waals surface area contributed by atoms with Crippen molar-refractivity contribution in [3.8, 4) is 0 Å². The van der Waals surface area contributed by atoms with Crippen LogP contribution in [-0.2, 0) is 16.2 Å². The van der Waals surface area contributed by atoms with Gasteiger partial charge >= 0.3 is 0 Å². The van der Waals surface area contributed by atoms with E-state index in [0.717, 1.165) is 31.4 Å². The van der Waals surface area contributed by atoms with Crippen LogP contribution in [0.3, 0.4) is 0 Å². The summed E-state index contributed by atoms with van der Waals surface area (Å²) in [6.07, 6.45) is 2.87. The average molecular weight is 249 g/mol. The standard InChI is InChI=1S/C13H19N3O2/c14-13(17)12-8-4-5-9-16(12)15-18-10-11-6-2-1-3-7-11/h1-3,6-7,12,15H,4-5,8-10H2,(H2,14,17)/t12-/m1/s1. The Morgan fingerprint density at radius 2 is 2.17 bits per heavy atom. The topological polar surface area (TPSA) is 67.6 Å². The molecule has 18 heavy (non-hydrogen) atoms. The van der Waals surface area contributed by atoms with E-state index in [1.54, 1.807) is 5.01 Å². The van der Waals surface area contributed by atoms with Gasteiger partial charge in [-0.25, -0.2) is 5.01 Å². The van der Waals surface area contributed by atoms with Gasteiger partial charge in [-0.3, -0.25) is 9.63 Å². The lowest BCUT2D eigenvalue weighted by Gasteiger charge is -2.32.